The summed E-state index contributed by atoms with van der Waals surface area (Å²) in [5, 5.41) is 0. The second kappa shape index (κ2) is 1.94. The highest BCUT2D eigenvalue weighted by Crippen LogP contribution is 2.43. The van der Waals surface area contributed by atoms with E-state index in [1.807, 2.05) is 0 Å². The van der Waals surface area contributed by atoms with Crippen molar-refractivity contribution in [3.8, 4) is 0 Å². The van der Waals surface area contributed by atoms with Crippen molar-refractivity contribution >= 4 is 5.78 Å². The summed E-state index contributed by atoms with van der Waals surface area (Å²) in [6, 6.07) is 0. The third-order valence-corrected chi connectivity index (χ3v) is 2.75. The van der Waals surface area contributed by atoms with Gasteiger partial charge in [0.1, 0.15) is 5.78 Å². The number of hydrogen-bond acceptors (Lipinski definition) is 1. The Morgan fingerprint density at radius 3 is 2.90 bits per heavy atom. The molecule has 0 spiro atoms. The molecule has 0 aromatic heterocycles. The fourth-order valence-corrected chi connectivity index (χ4v) is 1.96. The summed E-state index contributed by atoms with van der Waals surface area (Å²) in [4.78, 5) is 10.9. The number of fused-ring (bicyclic) bond motifs is 1. The maximum atomic E-state index is 10.9. The molecule has 0 amide bonds. The molecule has 0 heterocycles. The van der Waals surface area contributed by atoms with Gasteiger partial charge in [0, 0.05) is 12.3 Å². The molecule has 2 unspecified atom stereocenters. The highest BCUT2D eigenvalue weighted by molar-refractivity contribution is 5.89. The molecule has 0 saturated heterocycles. The molecule has 0 N–H and O–H groups in total. The molecule has 0 radical (unpaired) electrons. The van der Waals surface area contributed by atoms with Crippen molar-refractivity contribution in [2.24, 2.45) is 11.8 Å². The lowest BCUT2D eigenvalue weighted by atomic mass is 9.75. The van der Waals surface area contributed by atoms with Gasteiger partial charge in [-0.1, -0.05) is 18.6 Å². The molecule has 0 aliphatic heterocycles. The predicted molar refractivity (Wildman–Crippen MR) is 39.6 cm³/mol. The van der Waals surface area contributed by atoms with Crippen molar-refractivity contribution in [2.45, 2.75) is 26.2 Å². The minimum Gasteiger partial charge on any atom is -0.299 e. The molecule has 0 aromatic rings. The SMILES string of the molecule is CCC1=CC2CC(=O)C2C1. The van der Waals surface area contributed by atoms with Gasteiger partial charge in [-0.2, -0.15) is 0 Å². The first-order chi connectivity index (χ1) is 4.81. The van der Waals surface area contributed by atoms with Crippen molar-refractivity contribution in [3.63, 3.8) is 0 Å². The second-order valence-electron chi connectivity index (χ2n) is 3.32. The molecular weight excluding hydrogens is 124 g/mol. The number of rotatable bonds is 1. The Hall–Kier alpha value is -0.590. The first-order valence-electron chi connectivity index (χ1n) is 4.03. The van der Waals surface area contributed by atoms with Crippen molar-refractivity contribution in [1.29, 1.82) is 0 Å². The van der Waals surface area contributed by atoms with Crippen LogP contribution < -0.4 is 0 Å². The van der Waals surface area contributed by atoms with Crippen LogP contribution in [0.3, 0.4) is 0 Å². The lowest BCUT2D eigenvalue weighted by Crippen LogP contribution is -2.32. The first-order valence-corrected chi connectivity index (χ1v) is 4.03. The van der Waals surface area contributed by atoms with Gasteiger partial charge in [-0.15, -0.1) is 0 Å². The first kappa shape index (κ1) is 6.14. The van der Waals surface area contributed by atoms with Crippen LogP contribution in [0.15, 0.2) is 11.6 Å². The van der Waals surface area contributed by atoms with Crippen LogP contribution in [-0.2, 0) is 4.79 Å². The molecule has 2 aliphatic carbocycles. The minimum atomic E-state index is 0.412. The van der Waals surface area contributed by atoms with Gasteiger partial charge < -0.3 is 0 Å². The fraction of sp³-hybridized carbons (Fsp3) is 0.667. The molecule has 2 aliphatic rings. The number of carbonyl (C=O) groups is 1. The summed E-state index contributed by atoms with van der Waals surface area (Å²) in [7, 11) is 0. The monoisotopic (exact) mass is 136 g/mol. The van der Waals surface area contributed by atoms with Gasteiger partial charge in [0.15, 0.2) is 0 Å². The largest absolute Gasteiger partial charge is 0.299 e. The summed E-state index contributed by atoms with van der Waals surface area (Å²) < 4.78 is 0. The van der Waals surface area contributed by atoms with Crippen LogP contribution in [0.1, 0.15) is 26.2 Å². The number of carbonyl (C=O) groups excluding carboxylic acids is 1. The van der Waals surface area contributed by atoms with E-state index in [-0.39, 0.29) is 0 Å². The molecule has 2 rings (SSSR count). The zero-order chi connectivity index (χ0) is 7.14. The van der Waals surface area contributed by atoms with E-state index < -0.39 is 0 Å². The fourth-order valence-electron chi connectivity index (χ4n) is 1.96. The summed E-state index contributed by atoms with van der Waals surface area (Å²) in [6.07, 6.45) is 5.35. The van der Waals surface area contributed by atoms with E-state index in [4.69, 9.17) is 0 Å². The van der Waals surface area contributed by atoms with Crippen LogP contribution in [0.2, 0.25) is 0 Å². The van der Waals surface area contributed by atoms with Gasteiger partial charge in [0.05, 0.1) is 0 Å². The molecule has 1 heteroatoms. The molecular formula is C9H12O. The van der Waals surface area contributed by atoms with E-state index in [2.05, 4.69) is 13.0 Å². The van der Waals surface area contributed by atoms with E-state index in [1.54, 1.807) is 0 Å². The zero-order valence-corrected chi connectivity index (χ0v) is 6.26. The lowest BCUT2D eigenvalue weighted by Gasteiger charge is -2.27. The van der Waals surface area contributed by atoms with Crippen LogP contribution in [0, 0.1) is 11.8 Å². The zero-order valence-electron chi connectivity index (χ0n) is 6.26. The molecule has 0 aromatic carbocycles. The van der Waals surface area contributed by atoms with Crippen LogP contribution in [-0.4, -0.2) is 5.78 Å². The predicted octanol–water partition coefficient (Wildman–Crippen LogP) is 1.93. The van der Waals surface area contributed by atoms with Gasteiger partial charge in [-0.3, -0.25) is 4.79 Å². The molecule has 0 bridgehead atoms. The summed E-state index contributed by atoms with van der Waals surface area (Å²) in [5.74, 6) is 1.54. The second-order valence-corrected chi connectivity index (χ2v) is 3.32. The number of Topliss-reactive ketones (excluding diaryl/α,β-unsaturated/α-hetero) is 1. The van der Waals surface area contributed by atoms with E-state index in [1.165, 1.54) is 5.57 Å². The van der Waals surface area contributed by atoms with E-state index in [0.29, 0.717) is 17.6 Å². The summed E-state index contributed by atoms with van der Waals surface area (Å²) in [5.41, 5.74) is 1.50. The Morgan fingerprint density at radius 1 is 1.60 bits per heavy atom. The highest BCUT2D eigenvalue weighted by Gasteiger charge is 2.41. The maximum Gasteiger partial charge on any atom is 0.137 e. The van der Waals surface area contributed by atoms with Gasteiger partial charge in [-0.25, -0.2) is 0 Å². The topological polar surface area (TPSA) is 17.1 Å². The Balaban J connectivity index is 2.09. The summed E-state index contributed by atoms with van der Waals surface area (Å²) in [6.45, 7) is 2.17. The highest BCUT2D eigenvalue weighted by atomic mass is 16.1. The molecule has 54 valence electrons. The van der Waals surface area contributed by atoms with Crippen molar-refractivity contribution in [2.75, 3.05) is 0 Å². The Bertz CT molecular complexity index is 203. The quantitative estimate of drug-likeness (QED) is 0.503. The number of hydrogen-bond donors (Lipinski definition) is 0. The van der Waals surface area contributed by atoms with Crippen molar-refractivity contribution < 1.29 is 4.79 Å². The van der Waals surface area contributed by atoms with Gasteiger partial charge in [0.2, 0.25) is 0 Å². The van der Waals surface area contributed by atoms with E-state index >= 15 is 0 Å². The molecule has 1 nitrogen and oxygen atoms in total. The molecule has 10 heavy (non-hydrogen) atoms. The van der Waals surface area contributed by atoms with Crippen molar-refractivity contribution in [1.82, 2.24) is 0 Å². The summed E-state index contributed by atoms with van der Waals surface area (Å²) >= 11 is 0. The molecule has 1 fully saturated rings. The van der Waals surface area contributed by atoms with Crippen LogP contribution in [0.5, 0.6) is 0 Å². The smallest absolute Gasteiger partial charge is 0.137 e. The minimum absolute atomic E-state index is 0.412. The van der Waals surface area contributed by atoms with E-state index in [9.17, 15) is 4.79 Å². The average Bonchev–Trinajstić information content (AvgIpc) is 2.26. The normalized spacial score (nSPS) is 36.9. The van der Waals surface area contributed by atoms with Gasteiger partial charge in [0.25, 0.3) is 0 Å². The average molecular weight is 136 g/mol. The Kier molecular flexibility index (Phi) is 1.19. The Labute approximate surface area is 61.1 Å². The third kappa shape index (κ3) is 0.664. The molecule has 1 saturated carbocycles. The van der Waals surface area contributed by atoms with Crippen LogP contribution in [0.4, 0.5) is 0 Å². The Morgan fingerprint density at radius 2 is 2.40 bits per heavy atom. The van der Waals surface area contributed by atoms with Crippen LogP contribution in [0.25, 0.3) is 0 Å². The third-order valence-electron chi connectivity index (χ3n) is 2.75. The van der Waals surface area contributed by atoms with E-state index in [0.717, 1.165) is 19.3 Å². The molecule has 2 atom stereocenters. The standard InChI is InChI=1S/C9H12O/c1-2-6-3-7-5-9(10)8(7)4-6/h3,7-8H,2,4-5H2,1H3. The lowest BCUT2D eigenvalue weighted by molar-refractivity contribution is -0.131. The van der Waals surface area contributed by atoms with Gasteiger partial charge >= 0.3 is 0 Å². The maximum absolute atomic E-state index is 10.9. The number of allylic oxidation sites excluding steroid dienone is 2. The van der Waals surface area contributed by atoms with Crippen LogP contribution >= 0.6 is 0 Å². The van der Waals surface area contributed by atoms with Crippen molar-refractivity contribution in [3.05, 3.63) is 11.6 Å². The number of ketones is 1. The van der Waals surface area contributed by atoms with Gasteiger partial charge in [-0.05, 0) is 18.8 Å².